The molecule has 0 spiro atoms. The highest BCUT2D eigenvalue weighted by Crippen LogP contribution is 2.29. The van der Waals surface area contributed by atoms with Crippen molar-refractivity contribution in [1.29, 1.82) is 0 Å². The molecule has 0 fully saturated rings. The molecule has 3 nitrogen and oxygen atoms in total. The van der Waals surface area contributed by atoms with E-state index in [4.69, 9.17) is 11.6 Å². The Morgan fingerprint density at radius 2 is 2.09 bits per heavy atom. The van der Waals surface area contributed by atoms with Crippen LogP contribution in [0.2, 0.25) is 4.34 Å². The van der Waals surface area contributed by atoms with Crippen molar-refractivity contribution < 1.29 is 17.9 Å². The number of rotatable bonds is 1. The molecule has 0 atom stereocenters. The molecule has 0 amide bonds. The number of ether oxygens (including phenoxy) is 1. The third kappa shape index (κ3) is 2.51. The third-order valence-corrected chi connectivity index (χ3v) is 1.50. The fourth-order valence-electron chi connectivity index (χ4n) is 0.342. The first-order chi connectivity index (χ1) is 4.99. The molecule has 0 bridgehead atoms. The molecule has 0 aliphatic carbocycles. The van der Waals surface area contributed by atoms with E-state index in [0.717, 1.165) is 0 Å². The average Bonchev–Trinajstić information content (AvgIpc) is 2.12. The minimum atomic E-state index is -4.76. The van der Waals surface area contributed by atoms with Gasteiger partial charge in [-0.3, -0.25) is 0 Å². The van der Waals surface area contributed by atoms with Gasteiger partial charge in [0.25, 0.3) is 5.88 Å². The van der Waals surface area contributed by atoms with Crippen LogP contribution in [0.1, 0.15) is 0 Å². The molecule has 1 heterocycles. The molecular formula is C3ClF3N2OS. The highest BCUT2D eigenvalue weighted by atomic mass is 35.5. The van der Waals surface area contributed by atoms with Crippen molar-refractivity contribution in [3.63, 3.8) is 0 Å². The minimum absolute atomic E-state index is 0.220. The second-order valence-electron chi connectivity index (χ2n) is 1.40. The van der Waals surface area contributed by atoms with Crippen LogP contribution < -0.4 is 4.74 Å². The SMILES string of the molecule is FC(F)(F)Oc1nnsc1Cl. The van der Waals surface area contributed by atoms with Gasteiger partial charge in [-0.1, -0.05) is 21.2 Å². The Hall–Kier alpha value is -0.560. The van der Waals surface area contributed by atoms with Gasteiger partial charge in [0.05, 0.1) is 0 Å². The van der Waals surface area contributed by atoms with Gasteiger partial charge in [0.15, 0.2) is 4.34 Å². The van der Waals surface area contributed by atoms with E-state index in [1.165, 1.54) is 0 Å². The number of aromatic nitrogens is 2. The van der Waals surface area contributed by atoms with Crippen molar-refractivity contribution in [3.05, 3.63) is 4.34 Å². The molecule has 0 N–H and O–H groups in total. The Morgan fingerprint density at radius 3 is 2.45 bits per heavy atom. The summed E-state index contributed by atoms with van der Waals surface area (Å²) < 4.78 is 40.7. The molecule has 0 radical (unpaired) electrons. The predicted octanol–water partition coefficient (Wildman–Crippen LogP) is 2.09. The van der Waals surface area contributed by atoms with Gasteiger partial charge in [-0.05, 0) is 0 Å². The molecule has 1 aromatic heterocycles. The van der Waals surface area contributed by atoms with E-state index in [9.17, 15) is 13.2 Å². The van der Waals surface area contributed by atoms with Crippen LogP contribution in [0.25, 0.3) is 0 Å². The van der Waals surface area contributed by atoms with E-state index in [2.05, 4.69) is 14.3 Å². The summed E-state index contributed by atoms with van der Waals surface area (Å²) in [5, 5.41) is 3.00. The smallest absolute Gasteiger partial charge is 0.384 e. The third-order valence-electron chi connectivity index (χ3n) is 0.633. The van der Waals surface area contributed by atoms with Gasteiger partial charge < -0.3 is 4.74 Å². The molecule has 11 heavy (non-hydrogen) atoms. The zero-order chi connectivity index (χ0) is 8.48. The molecule has 0 aromatic carbocycles. The summed E-state index contributed by atoms with van der Waals surface area (Å²) in [6, 6.07) is 0. The maximum Gasteiger partial charge on any atom is 0.574 e. The van der Waals surface area contributed by atoms with Crippen molar-refractivity contribution in [1.82, 2.24) is 9.59 Å². The Morgan fingerprint density at radius 1 is 1.45 bits per heavy atom. The topological polar surface area (TPSA) is 35.0 Å². The van der Waals surface area contributed by atoms with E-state index >= 15 is 0 Å². The Labute approximate surface area is 67.9 Å². The maximum atomic E-state index is 11.5. The summed E-state index contributed by atoms with van der Waals surface area (Å²) in [5.74, 6) is -0.704. The van der Waals surface area contributed by atoms with Crippen LogP contribution in [-0.2, 0) is 0 Å². The summed E-state index contributed by atoms with van der Waals surface area (Å²) in [5.41, 5.74) is 0. The van der Waals surface area contributed by atoms with Crippen LogP contribution in [0.15, 0.2) is 0 Å². The number of alkyl halides is 3. The van der Waals surface area contributed by atoms with Crippen LogP contribution in [0.5, 0.6) is 5.88 Å². The van der Waals surface area contributed by atoms with Gasteiger partial charge in [-0.2, -0.15) is 0 Å². The normalized spacial score (nSPS) is 11.6. The molecule has 62 valence electrons. The number of hydrogen-bond acceptors (Lipinski definition) is 4. The first-order valence-corrected chi connectivity index (χ1v) is 3.38. The van der Waals surface area contributed by atoms with Crippen molar-refractivity contribution in [2.24, 2.45) is 0 Å². The number of hydrogen-bond donors (Lipinski definition) is 0. The van der Waals surface area contributed by atoms with E-state index in [1.54, 1.807) is 0 Å². The quantitative estimate of drug-likeness (QED) is 0.703. The van der Waals surface area contributed by atoms with Crippen LogP contribution >= 0.6 is 23.1 Å². The Kier molecular flexibility index (Phi) is 2.19. The lowest BCUT2D eigenvalue weighted by molar-refractivity contribution is -0.276. The van der Waals surface area contributed by atoms with Crippen molar-refractivity contribution in [2.45, 2.75) is 6.36 Å². The molecule has 0 aliphatic heterocycles. The molecule has 0 unspecified atom stereocenters. The van der Waals surface area contributed by atoms with Gasteiger partial charge >= 0.3 is 6.36 Å². The molecule has 8 heteroatoms. The van der Waals surface area contributed by atoms with Crippen molar-refractivity contribution in [3.8, 4) is 5.88 Å². The average molecular weight is 205 g/mol. The number of halogens is 4. The maximum absolute atomic E-state index is 11.5. The van der Waals surface area contributed by atoms with Gasteiger partial charge in [0.2, 0.25) is 0 Å². The molecule has 0 aliphatic rings. The highest BCUT2D eigenvalue weighted by Gasteiger charge is 2.33. The Bertz CT molecular complexity index is 249. The highest BCUT2D eigenvalue weighted by molar-refractivity contribution is 7.10. The summed E-state index contributed by atoms with van der Waals surface area (Å²) in [4.78, 5) is 0. The lowest BCUT2D eigenvalue weighted by Gasteiger charge is -2.03. The van der Waals surface area contributed by atoms with Crippen molar-refractivity contribution >= 4 is 23.1 Å². The fraction of sp³-hybridized carbons (Fsp3) is 0.333. The van der Waals surface area contributed by atoms with E-state index < -0.39 is 12.2 Å². The summed E-state index contributed by atoms with van der Waals surface area (Å²) in [7, 11) is 0. The second-order valence-corrected chi connectivity index (χ2v) is 2.76. The van der Waals surface area contributed by atoms with Crippen LogP contribution in [0.3, 0.4) is 0 Å². The summed E-state index contributed by atoms with van der Waals surface area (Å²) in [6.07, 6.45) is -4.76. The monoisotopic (exact) mass is 204 g/mol. The van der Waals surface area contributed by atoms with Crippen LogP contribution in [-0.4, -0.2) is 15.9 Å². The number of nitrogens with zero attached hydrogens (tertiary/aromatic N) is 2. The molecular weight excluding hydrogens is 205 g/mol. The lowest BCUT2D eigenvalue weighted by atomic mass is 10.9. The van der Waals surface area contributed by atoms with Gasteiger partial charge in [-0.25, -0.2) is 0 Å². The molecule has 1 rings (SSSR count). The largest absolute Gasteiger partial charge is 0.574 e. The van der Waals surface area contributed by atoms with Crippen LogP contribution in [0, 0.1) is 0 Å². The molecule has 0 saturated carbocycles. The fourth-order valence-corrected chi connectivity index (χ4v) is 0.858. The van der Waals surface area contributed by atoms with E-state index in [-0.39, 0.29) is 4.34 Å². The van der Waals surface area contributed by atoms with Gasteiger partial charge in [-0.15, -0.1) is 13.2 Å². The van der Waals surface area contributed by atoms with Gasteiger partial charge in [0.1, 0.15) is 0 Å². The van der Waals surface area contributed by atoms with Crippen LogP contribution in [0.4, 0.5) is 13.2 Å². The predicted molar refractivity (Wildman–Crippen MR) is 31.6 cm³/mol. The first kappa shape index (κ1) is 8.54. The van der Waals surface area contributed by atoms with Gasteiger partial charge in [0, 0.05) is 11.5 Å². The first-order valence-electron chi connectivity index (χ1n) is 2.22. The molecule has 0 saturated heterocycles. The summed E-state index contributed by atoms with van der Waals surface area (Å²) >= 11 is 5.84. The zero-order valence-corrected chi connectivity index (χ0v) is 6.30. The molecule has 1 aromatic rings. The second kappa shape index (κ2) is 2.82. The van der Waals surface area contributed by atoms with E-state index in [0.29, 0.717) is 11.5 Å². The van der Waals surface area contributed by atoms with E-state index in [1.807, 2.05) is 0 Å². The standard InChI is InChI=1S/C3ClF3N2OS/c4-1-2(8-9-11-1)10-3(5,6)7. The summed E-state index contributed by atoms with van der Waals surface area (Å²) in [6.45, 7) is 0. The minimum Gasteiger partial charge on any atom is -0.384 e. The van der Waals surface area contributed by atoms with Crippen molar-refractivity contribution in [2.75, 3.05) is 0 Å². The lowest BCUT2D eigenvalue weighted by Crippen LogP contribution is -2.17. The Balaban J connectivity index is 2.72. The zero-order valence-electron chi connectivity index (χ0n) is 4.72.